The molecule has 0 spiro atoms. The Hall–Kier alpha value is -2.28. The van der Waals surface area contributed by atoms with Crippen LogP contribution in [0.2, 0.25) is 5.02 Å². The van der Waals surface area contributed by atoms with Crippen molar-refractivity contribution in [1.29, 1.82) is 0 Å². The van der Waals surface area contributed by atoms with Gasteiger partial charge >= 0.3 is 6.03 Å². The average Bonchev–Trinajstić information content (AvgIpc) is 2.93. The van der Waals surface area contributed by atoms with E-state index in [1.165, 1.54) is 0 Å². The second kappa shape index (κ2) is 7.82. The van der Waals surface area contributed by atoms with E-state index in [0.29, 0.717) is 34.7 Å². The van der Waals surface area contributed by atoms with Gasteiger partial charge in [-0.15, -0.1) is 0 Å². The van der Waals surface area contributed by atoms with Crippen molar-refractivity contribution in [3.63, 3.8) is 0 Å². The largest absolute Gasteiger partial charge is 0.490 e. The van der Waals surface area contributed by atoms with E-state index >= 15 is 0 Å². The number of urea groups is 1. The van der Waals surface area contributed by atoms with E-state index in [4.69, 9.17) is 16.3 Å². The summed E-state index contributed by atoms with van der Waals surface area (Å²) in [5.74, 6) is 1.68. The Balaban J connectivity index is 2.03. The van der Waals surface area contributed by atoms with Crippen molar-refractivity contribution < 1.29 is 9.53 Å². The van der Waals surface area contributed by atoms with Gasteiger partial charge in [0.05, 0.1) is 23.4 Å². The zero-order valence-corrected chi connectivity index (χ0v) is 14.1. The van der Waals surface area contributed by atoms with Crippen LogP contribution < -0.4 is 15.4 Å². The second-order valence-electron chi connectivity index (χ2n) is 5.06. The van der Waals surface area contributed by atoms with Crippen molar-refractivity contribution in [3.8, 4) is 5.75 Å². The molecule has 2 rings (SSSR count). The maximum absolute atomic E-state index is 12.2. The fraction of sp³-hybridized carbons (Fsp3) is 0.400. The summed E-state index contributed by atoms with van der Waals surface area (Å²) in [4.78, 5) is 16.3. The Labute approximate surface area is 139 Å². The van der Waals surface area contributed by atoms with Crippen molar-refractivity contribution in [3.05, 3.63) is 34.9 Å². The van der Waals surface area contributed by atoms with Crippen LogP contribution >= 0.6 is 11.6 Å². The minimum atomic E-state index is -0.386. The summed E-state index contributed by atoms with van der Waals surface area (Å²) in [6, 6.07) is 4.48. The Morgan fingerprint density at radius 1 is 1.48 bits per heavy atom. The number of H-pyrrole nitrogens is 1. The number of nitrogens with one attached hydrogen (secondary N) is 3. The third kappa shape index (κ3) is 4.59. The van der Waals surface area contributed by atoms with Gasteiger partial charge in [-0.1, -0.05) is 24.6 Å². The molecule has 1 atom stereocenters. The fourth-order valence-corrected chi connectivity index (χ4v) is 2.16. The Morgan fingerprint density at radius 3 is 2.91 bits per heavy atom. The second-order valence-corrected chi connectivity index (χ2v) is 5.47. The van der Waals surface area contributed by atoms with Gasteiger partial charge in [0.15, 0.2) is 11.6 Å². The molecule has 0 radical (unpaired) electrons. The van der Waals surface area contributed by atoms with E-state index in [2.05, 4.69) is 25.8 Å². The van der Waals surface area contributed by atoms with Crippen molar-refractivity contribution >= 4 is 23.3 Å². The monoisotopic (exact) mass is 337 g/mol. The number of aromatic nitrogens is 3. The summed E-state index contributed by atoms with van der Waals surface area (Å²) in [6.45, 7) is 6.12. The Bertz CT molecular complexity index is 674. The lowest BCUT2D eigenvalue weighted by Crippen LogP contribution is -2.31. The number of nitrogens with zero attached hydrogens (tertiary/aromatic N) is 2. The molecule has 1 aromatic heterocycles. The first-order chi connectivity index (χ1) is 11.0. The molecule has 2 amide bonds. The molecule has 1 heterocycles. The number of aromatic amines is 1. The fourth-order valence-electron chi connectivity index (χ4n) is 1.93. The lowest BCUT2D eigenvalue weighted by atomic mass is 10.3. The number of rotatable bonds is 6. The Morgan fingerprint density at radius 2 is 2.26 bits per heavy atom. The molecule has 0 fully saturated rings. The highest BCUT2D eigenvalue weighted by Gasteiger charge is 2.16. The number of carbonyl (C=O) groups is 1. The zero-order valence-electron chi connectivity index (χ0n) is 13.3. The number of halogens is 1. The smallest absolute Gasteiger partial charge is 0.319 e. The number of carbonyl (C=O) groups excluding carboxylic acids is 1. The molecule has 124 valence electrons. The average molecular weight is 338 g/mol. The number of para-hydroxylation sites is 1. The van der Waals surface area contributed by atoms with Crippen LogP contribution in [0.15, 0.2) is 18.2 Å². The predicted octanol–water partition coefficient (Wildman–Crippen LogP) is 3.44. The van der Waals surface area contributed by atoms with Gasteiger partial charge in [-0.25, -0.2) is 9.78 Å². The lowest BCUT2D eigenvalue weighted by Gasteiger charge is -2.15. The SMILES string of the molecule is CCCOc1c(Cl)cccc1NC(=O)N[C@H](C)c1n[nH]c(C)n1. The molecule has 0 aliphatic rings. The first kappa shape index (κ1) is 17.1. The number of anilines is 1. The van der Waals surface area contributed by atoms with Crippen LogP contribution in [0.5, 0.6) is 5.75 Å². The molecule has 0 aliphatic heterocycles. The summed E-state index contributed by atoms with van der Waals surface area (Å²) in [7, 11) is 0. The van der Waals surface area contributed by atoms with Gasteiger partial charge in [0.25, 0.3) is 0 Å². The van der Waals surface area contributed by atoms with E-state index < -0.39 is 0 Å². The maximum Gasteiger partial charge on any atom is 0.319 e. The molecule has 0 saturated carbocycles. The highest BCUT2D eigenvalue weighted by Crippen LogP contribution is 2.33. The molecule has 0 bridgehead atoms. The van der Waals surface area contributed by atoms with Gasteiger partial charge in [0, 0.05) is 0 Å². The third-order valence-electron chi connectivity index (χ3n) is 3.02. The van der Waals surface area contributed by atoms with Crippen LogP contribution in [0.1, 0.15) is 38.0 Å². The highest BCUT2D eigenvalue weighted by atomic mass is 35.5. The topological polar surface area (TPSA) is 91.9 Å². The molecule has 23 heavy (non-hydrogen) atoms. The molecule has 0 aliphatic carbocycles. The molecule has 0 unspecified atom stereocenters. The minimum Gasteiger partial charge on any atom is -0.490 e. The van der Waals surface area contributed by atoms with Crippen molar-refractivity contribution in [2.24, 2.45) is 0 Å². The number of ether oxygens (including phenoxy) is 1. The number of hydrogen-bond acceptors (Lipinski definition) is 4. The van der Waals surface area contributed by atoms with Crippen LogP contribution in [0.25, 0.3) is 0 Å². The Kier molecular flexibility index (Phi) is 5.81. The van der Waals surface area contributed by atoms with Crippen LogP contribution in [-0.2, 0) is 0 Å². The summed E-state index contributed by atoms with van der Waals surface area (Å²) < 4.78 is 5.61. The van der Waals surface area contributed by atoms with Gasteiger partial charge in [-0.2, -0.15) is 5.10 Å². The van der Waals surface area contributed by atoms with Gasteiger partial charge in [0.2, 0.25) is 0 Å². The number of aryl methyl sites for hydroxylation is 1. The molecular weight excluding hydrogens is 318 g/mol. The summed E-state index contributed by atoms with van der Waals surface area (Å²) in [5, 5.41) is 12.7. The van der Waals surface area contributed by atoms with Gasteiger partial charge < -0.3 is 15.4 Å². The number of hydrogen-bond donors (Lipinski definition) is 3. The molecule has 0 saturated heterocycles. The van der Waals surface area contributed by atoms with E-state index in [9.17, 15) is 4.79 Å². The maximum atomic E-state index is 12.2. The van der Waals surface area contributed by atoms with Crippen molar-refractivity contribution in [1.82, 2.24) is 20.5 Å². The molecule has 1 aromatic carbocycles. The zero-order chi connectivity index (χ0) is 16.8. The third-order valence-corrected chi connectivity index (χ3v) is 3.31. The standard InChI is InChI=1S/C15H20ClN5O2/c1-4-8-23-13-11(16)6-5-7-12(13)19-15(22)17-9(2)14-18-10(3)20-21-14/h5-7,9H,4,8H2,1-3H3,(H2,17,19,22)(H,18,20,21)/t9-/m1/s1. The number of amides is 2. The highest BCUT2D eigenvalue weighted by molar-refractivity contribution is 6.32. The molecular formula is C15H20ClN5O2. The van der Waals surface area contributed by atoms with E-state index in [1.807, 2.05) is 6.92 Å². The summed E-state index contributed by atoms with van der Waals surface area (Å²) >= 11 is 6.13. The number of benzene rings is 1. The van der Waals surface area contributed by atoms with Gasteiger partial charge in [-0.05, 0) is 32.4 Å². The predicted molar refractivity (Wildman–Crippen MR) is 88.9 cm³/mol. The van der Waals surface area contributed by atoms with Crippen LogP contribution in [0.3, 0.4) is 0 Å². The molecule has 2 aromatic rings. The van der Waals surface area contributed by atoms with E-state index in [0.717, 1.165) is 6.42 Å². The van der Waals surface area contributed by atoms with Gasteiger partial charge in [0.1, 0.15) is 5.82 Å². The van der Waals surface area contributed by atoms with Crippen molar-refractivity contribution in [2.45, 2.75) is 33.2 Å². The molecule has 3 N–H and O–H groups in total. The first-order valence-corrected chi connectivity index (χ1v) is 7.76. The summed E-state index contributed by atoms with van der Waals surface area (Å²) in [6.07, 6.45) is 0.845. The molecule has 8 heteroatoms. The van der Waals surface area contributed by atoms with Crippen molar-refractivity contribution in [2.75, 3.05) is 11.9 Å². The summed E-state index contributed by atoms with van der Waals surface area (Å²) in [5.41, 5.74) is 0.516. The van der Waals surface area contributed by atoms with Crippen LogP contribution in [-0.4, -0.2) is 27.8 Å². The quantitative estimate of drug-likeness (QED) is 0.753. The van der Waals surface area contributed by atoms with E-state index in [1.54, 1.807) is 32.0 Å². The lowest BCUT2D eigenvalue weighted by molar-refractivity contribution is 0.248. The first-order valence-electron chi connectivity index (χ1n) is 7.39. The van der Waals surface area contributed by atoms with Crippen LogP contribution in [0, 0.1) is 6.92 Å². The molecule has 7 nitrogen and oxygen atoms in total. The normalized spacial score (nSPS) is 11.8. The van der Waals surface area contributed by atoms with Gasteiger partial charge in [-0.3, -0.25) is 5.10 Å². The van der Waals surface area contributed by atoms with E-state index in [-0.39, 0.29) is 12.1 Å². The van der Waals surface area contributed by atoms with Crippen LogP contribution in [0.4, 0.5) is 10.5 Å². The minimum absolute atomic E-state index is 0.334.